The molecule has 2 N–H and O–H groups in total. The first-order valence-electron chi connectivity index (χ1n) is 5.61. The first-order chi connectivity index (χ1) is 9.54. The second-order valence-corrected chi connectivity index (χ2v) is 3.70. The first kappa shape index (κ1) is 15.1. The lowest BCUT2D eigenvalue weighted by atomic mass is 10.1. The predicted octanol–water partition coefficient (Wildman–Crippen LogP) is 2.36. The Labute approximate surface area is 114 Å². The van der Waals surface area contributed by atoms with Crippen molar-refractivity contribution in [1.29, 1.82) is 0 Å². The van der Waals surface area contributed by atoms with Crippen LogP contribution in [-0.4, -0.2) is 28.4 Å². The quantitative estimate of drug-likeness (QED) is 0.661. The van der Waals surface area contributed by atoms with E-state index < -0.39 is 11.9 Å². The smallest absolute Gasteiger partial charge is 0.328 e. The highest BCUT2D eigenvalue weighted by Crippen LogP contribution is 2.16. The standard InChI is InChI=1S/C11H8O.C4H4O4/c12-8-10-6-3-5-9-4-1-2-7-11(9)10;5-3(6)1-2-4(7)8/h1-8H;1-2H,(H,5,6)(H,7,8)/b;2-1-. The van der Waals surface area contributed by atoms with Crippen LogP contribution in [0.15, 0.2) is 54.6 Å². The summed E-state index contributed by atoms with van der Waals surface area (Å²) >= 11 is 0. The highest BCUT2D eigenvalue weighted by Gasteiger charge is 1.96. The van der Waals surface area contributed by atoms with Crippen molar-refractivity contribution in [2.24, 2.45) is 0 Å². The van der Waals surface area contributed by atoms with Gasteiger partial charge in [0.1, 0.15) is 0 Å². The molecule has 0 atom stereocenters. The molecule has 0 fully saturated rings. The third-order valence-corrected chi connectivity index (χ3v) is 2.32. The molecule has 2 aromatic carbocycles. The average molecular weight is 272 g/mol. The molecule has 0 spiro atoms. The second-order valence-electron chi connectivity index (χ2n) is 3.70. The first-order valence-corrected chi connectivity index (χ1v) is 5.61. The van der Waals surface area contributed by atoms with Crippen LogP contribution in [-0.2, 0) is 9.59 Å². The van der Waals surface area contributed by atoms with Gasteiger partial charge in [0.05, 0.1) is 0 Å². The van der Waals surface area contributed by atoms with E-state index in [4.69, 9.17) is 10.2 Å². The van der Waals surface area contributed by atoms with E-state index in [1.54, 1.807) is 0 Å². The van der Waals surface area contributed by atoms with Gasteiger partial charge in [-0.25, -0.2) is 9.59 Å². The molecule has 0 aliphatic heterocycles. The van der Waals surface area contributed by atoms with Crippen LogP contribution in [0.25, 0.3) is 10.8 Å². The third kappa shape index (κ3) is 4.73. The van der Waals surface area contributed by atoms with Gasteiger partial charge < -0.3 is 10.2 Å². The van der Waals surface area contributed by atoms with Gasteiger partial charge in [0, 0.05) is 17.7 Å². The minimum absolute atomic E-state index is 0.558. The molecule has 5 nitrogen and oxygen atoms in total. The Bertz CT molecular complexity index is 637. The van der Waals surface area contributed by atoms with Crippen molar-refractivity contribution >= 4 is 29.0 Å². The summed E-state index contributed by atoms with van der Waals surface area (Å²) in [6.07, 6.45) is 2.01. The molecule has 0 aliphatic rings. The number of rotatable bonds is 3. The minimum atomic E-state index is -1.26. The predicted molar refractivity (Wildman–Crippen MR) is 73.7 cm³/mol. The maximum atomic E-state index is 10.6. The molecule has 20 heavy (non-hydrogen) atoms. The van der Waals surface area contributed by atoms with E-state index in [0.29, 0.717) is 12.2 Å². The van der Waals surface area contributed by atoms with Crippen molar-refractivity contribution in [1.82, 2.24) is 0 Å². The summed E-state index contributed by atoms with van der Waals surface area (Å²) in [6, 6.07) is 13.6. The van der Waals surface area contributed by atoms with E-state index in [1.165, 1.54) is 0 Å². The lowest BCUT2D eigenvalue weighted by Gasteiger charge is -1.98. The van der Waals surface area contributed by atoms with E-state index in [1.807, 2.05) is 42.5 Å². The van der Waals surface area contributed by atoms with Crippen molar-refractivity contribution in [2.75, 3.05) is 0 Å². The zero-order chi connectivity index (χ0) is 15.0. The van der Waals surface area contributed by atoms with Crippen molar-refractivity contribution < 1.29 is 24.6 Å². The number of hydrogen-bond acceptors (Lipinski definition) is 3. The molecule has 5 heteroatoms. The van der Waals surface area contributed by atoms with Crippen LogP contribution in [0.4, 0.5) is 0 Å². The normalized spacial score (nSPS) is 9.80. The summed E-state index contributed by atoms with van der Waals surface area (Å²) in [5.41, 5.74) is 0.758. The number of fused-ring (bicyclic) bond motifs is 1. The van der Waals surface area contributed by atoms with Crippen LogP contribution in [0.5, 0.6) is 0 Å². The van der Waals surface area contributed by atoms with Crippen LogP contribution < -0.4 is 0 Å². The summed E-state index contributed by atoms with van der Waals surface area (Å²) in [4.78, 5) is 29.7. The Balaban J connectivity index is 0.000000221. The van der Waals surface area contributed by atoms with Crippen molar-refractivity contribution in [3.63, 3.8) is 0 Å². The Morgan fingerprint density at radius 3 is 1.95 bits per heavy atom. The van der Waals surface area contributed by atoms with Gasteiger partial charge in [-0.15, -0.1) is 0 Å². The fourth-order valence-corrected chi connectivity index (χ4v) is 1.50. The number of carboxylic acids is 2. The Morgan fingerprint density at radius 1 is 0.850 bits per heavy atom. The van der Waals surface area contributed by atoms with Crippen molar-refractivity contribution in [3.8, 4) is 0 Å². The van der Waals surface area contributed by atoms with Crippen molar-refractivity contribution in [3.05, 3.63) is 60.2 Å². The van der Waals surface area contributed by atoms with Gasteiger partial charge in [0.2, 0.25) is 0 Å². The zero-order valence-electron chi connectivity index (χ0n) is 10.4. The summed E-state index contributed by atoms with van der Waals surface area (Å²) in [5, 5.41) is 17.8. The van der Waals surface area contributed by atoms with E-state index in [0.717, 1.165) is 22.6 Å². The number of benzene rings is 2. The average Bonchev–Trinajstić information content (AvgIpc) is 2.45. The van der Waals surface area contributed by atoms with Crippen LogP contribution in [0.1, 0.15) is 10.4 Å². The van der Waals surface area contributed by atoms with Gasteiger partial charge in [-0.05, 0) is 10.8 Å². The Morgan fingerprint density at radius 2 is 1.40 bits per heavy atom. The van der Waals surface area contributed by atoms with E-state index in [-0.39, 0.29) is 0 Å². The number of carbonyl (C=O) groups excluding carboxylic acids is 1. The van der Waals surface area contributed by atoms with E-state index in [9.17, 15) is 14.4 Å². The van der Waals surface area contributed by atoms with Gasteiger partial charge in [-0.1, -0.05) is 42.5 Å². The van der Waals surface area contributed by atoms with Crippen LogP contribution >= 0.6 is 0 Å². The maximum Gasteiger partial charge on any atom is 0.328 e. The highest BCUT2D eigenvalue weighted by molar-refractivity contribution is 5.97. The minimum Gasteiger partial charge on any atom is -0.478 e. The van der Waals surface area contributed by atoms with Gasteiger partial charge in [-0.3, -0.25) is 4.79 Å². The molecule has 0 bridgehead atoms. The monoisotopic (exact) mass is 272 g/mol. The molecule has 0 amide bonds. The fraction of sp³-hybridized carbons (Fsp3) is 0. The molecular formula is C15H12O5. The number of hydrogen-bond donors (Lipinski definition) is 2. The van der Waals surface area contributed by atoms with Gasteiger partial charge in [-0.2, -0.15) is 0 Å². The third-order valence-electron chi connectivity index (χ3n) is 2.32. The molecule has 0 unspecified atom stereocenters. The summed E-state index contributed by atoms with van der Waals surface area (Å²) < 4.78 is 0. The number of carboxylic acid groups (broad SMARTS) is 2. The molecule has 0 aliphatic carbocycles. The van der Waals surface area contributed by atoms with Gasteiger partial charge in [0.15, 0.2) is 6.29 Å². The summed E-state index contributed by atoms with van der Waals surface area (Å²) in [7, 11) is 0. The highest BCUT2D eigenvalue weighted by atomic mass is 16.4. The Hall–Kier alpha value is -2.95. The topological polar surface area (TPSA) is 91.7 Å². The Kier molecular flexibility index (Phi) is 5.65. The molecule has 2 aromatic rings. The van der Waals surface area contributed by atoms with Crippen LogP contribution in [0.3, 0.4) is 0 Å². The number of aldehydes is 1. The maximum absolute atomic E-state index is 10.6. The molecule has 0 radical (unpaired) electrons. The van der Waals surface area contributed by atoms with Crippen molar-refractivity contribution in [2.45, 2.75) is 0 Å². The molecule has 2 rings (SSSR count). The molecule has 0 heterocycles. The van der Waals surface area contributed by atoms with Crippen LogP contribution in [0, 0.1) is 0 Å². The van der Waals surface area contributed by atoms with E-state index >= 15 is 0 Å². The van der Waals surface area contributed by atoms with Gasteiger partial charge in [0.25, 0.3) is 0 Å². The molecule has 0 saturated heterocycles. The molecule has 0 saturated carbocycles. The lowest BCUT2D eigenvalue weighted by molar-refractivity contribution is -0.134. The largest absolute Gasteiger partial charge is 0.478 e. The molecular weight excluding hydrogens is 260 g/mol. The lowest BCUT2D eigenvalue weighted by Crippen LogP contribution is -1.91. The molecule has 0 aromatic heterocycles. The summed E-state index contributed by atoms with van der Waals surface area (Å²) in [5.74, 6) is -2.51. The fourth-order valence-electron chi connectivity index (χ4n) is 1.50. The second kappa shape index (κ2) is 7.48. The summed E-state index contributed by atoms with van der Waals surface area (Å²) in [6.45, 7) is 0. The number of aliphatic carboxylic acids is 2. The van der Waals surface area contributed by atoms with E-state index in [2.05, 4.69) is 0 Å². The van der Waals surface area contributed by atoms with Gasteiger partial charge >= 0.3 is 11.9 Å². The zero-order valence-corrected chi connectivity index (χ0v) is 10.4. The van der Waals surface area contributed by atoms with Crippen LogP contribution in [0.2, 0.25) is 0 Å². The molecule has 102 valence electrons. The SMILES string of the molecule is O=C(O)/C=C\C(=O)O.O=Cc1cccc2ccccc12. The number of carbonyl (C=O) groups is 3.